The number of nitrogens with one attached hydrogen (secondary N) is 3. The molecule has 0 spiro atoms. The van der Waals surface area contributed by atoms with E-state index < -0.39 is 17.7 Å². The second-order valence-corrected chi connectivity index (χ2v) is 12.4. The predicted molar refractivity (Wildman–Crippen MR) is 199 cm³/mol. The van der Waals surface area contributed by atoms with Gasteiger partial charge in [0, 0.05) is 36.4 Å². The van der Waals surface area contributed by atoms with E-state index in [0.717, 1.165) is 16.7 Å². The topological polar surface area (TPSA) is 154 Å². The van der Waals surface area contributed by atoms with Crippen LogP contribution in [0.1, 0.15) is 65.2 Å². The smallest absolute Gasteiger partial charge is 0.270 e. The number of hydrogen-bond donors (Lipinski definition) is 3. The lowest BCUT2D eigenvalue weighted by atomic mass is 10.2. The van der Waals surface area contributed by atoms with E-state index in [1.165, 1.54) is 18.2 Å². The van der Waals surface area contributed by atoms with Crippen LogP contribution in [0.25, 0.3) is 0 Å². The number of carbonyl (C=O) groups is 3. The van der Waals surface area contributed by atoms with Crippen LogP contribution < -0.4 is 30.2 Å². The van der Waals surface area contributed by atoms with Gasteiger partial charge in [0.15, 0.2) is 0 Å². The van der Waals surface area contributed by atoms with Crippen LogP contribution in [-0.4, -0.2) is 32.7 Å². The number of ether oxygens (including phenoxy) is 3. The fourth-order valence-electron chi connectivity index (χ4n) is 5.56. The summed E-state index contributed by atoms with van der Waals surface area (Å²) in [6.45, 7) is 0.669. The Kier molecular flexibility index (Phi) is 11.1. The number of benzene rings is 3. The van der Waals surface area contributed by atoms with Gasteiger partial charge in [-0.1, -0.05) is 91.0 Å². The Balaban J connectivity index is 1.21. The summed E-state index contributed by atoms with van der Waals surface area (Å²) in [5.74, 6) is -0.348. The number of rotatable bonds is 9. The highest BCUT2D eigenvalue weighted by Gasteiger charge is 2.18. The molecule has 6 bridgehead atoms. The van der Waals surface area contributed by atoms with Gasteiger partial charge in [-0.3, -0.25) is 14.4 Å². The van der Waals surface area contributed by atoms with Gasteiger partial charge in [-0.05, 0) is 16.7 Å². The molecular weight excluding hydrogens is 684 g/mol. The van der Waals surface area contributed by atoms with Gasteiger partial charge in [-0.25, -0.2) is 15.0 Å². The standard InChI is InChI=1S/C42H36N6O6/c49-40-37-19-34(52-25-28-10-4-1-5-11-28)16-31(46-37)22-43-41(50)38-20-36(54-27-30-14-8-3-9-15-30)18-33(48-38)24-45-42(51)39-21-35(17-32(47-39)23-44-40)53-26-29-12-6-2-7-13-29/h1-21H,22-27H2,(H,43,50)(H,44,49)(H,45,51). The summed E-state index contributed by atoms with van der Waals surface area (Å²) < 4.78 is 18.2. The zero-order valence-corrected chi connectivity index (χ0v) is 29.2. The van der Waals surface area contributed by atoms with E-state index in [-0.39, 0.29) is 56.5 Å². The molecule has 12 heteroatoms. The Bertz CT molecular complexity index is 2000. The molecule has 3 N–H and O–H groups in total. The Hall–Kier alpha value is -7.08. The fourth-order valence-corrected chi connectivity index (χ4v) is 5.56. The largest absolute Gasteiger partial charge is 0.489 e. The van der Waals surface area contributed by atoms with Crippen LogP contribution in [0, 0.1) is 0 Å². The molecule has 0 aliphatic carbocycles. The van der Waals surface area contributed by atoms with E-state index in [1.807, 2.05) is 91.0 Å². The Morgan fingerprint density at radius 3 is 0.963 bits per heavy atom. The van der Waals surface area contributed by atoms with Gasteiger partial charge in [-0.2, -0.15) is 0 Å². The van der Waals surface area contributed by atoms with Crippen molar-refractivity contribution in [3.05, 3.63) is 178 Å². The number of fused-ring (bicyclic) bond motifs is 6. The Morgan fingerprint density at radius 1 is 0.407 bits per heavy atom. The van der Waals surface area contributed by atoms with Gasteiger partial charge >= 0.3 is 0 Å². The summed E-state index contributed by atoms with van der Waals surface area (Å²) in [6.07, 6.45) is 0. The van der Waals surface area contributed by atoms with Crippen molar-refractivity contribution in [3.63, 3.8) is 0 Å². The monoisotopic (exact) mass is 720 g/mol. The van der Waals surface area contributed by atoms with Crippen molar-refractivity contribution in [2.45, 2.75) is 39.5 Å². The van der Waals surface area contributed by atoms with Crippen LogP contribution in [0.2, 0.25) is 0 Å². The molecule has 1 aliphatic heterocycles. The van der Waals surface area contributed by atoms with Crippen LogP contribution in [0.15, 0.2) is 127 Å². The van der Waals surface area contributed by atoms with Gasteiger partial charge in [0.05, 0.1) is 36.7 Å². The minimum absolute atomic E-state index is 0.0315. The number of hydrogen-bond acceptors (Lipinski definition) is 9. The van der Waals surface area contributed by atoms with E-state index in [2.05, 4.69) is 30.9 Å². The number of nitrogens with zero attached hydrogens (tertiary/aromatic N) is 3. The molecule has 3 aromatic heterocycles. The third kappa shape index (κ3) is 9.62. The predicted octanol–water partition coefficient (Wildman–Crippen LogP) is 5.71. The van der Waals surface area contributed by atoms with Gasteiger partial charge in [-0.15, -0.1) is 0 Å². The zero-order valence-electron chi connectivity index (χ0n) is 29.2. The maximum atomic E-state index is 13.6. The first-order valence-corrected chi connectivity index (χ1v) is 17.3. The molecule has 6 aromatic rings. The molecular formula is C42H36N6O6. The van der Waals surface area contributed by atoms with Gasteiger partial charge in [0.25, 0.3) is 17.7 Å². The lowest BCUT2D eigenvalue weighted by Crippen LogP contribution is -2.29. The number of carbonyl (C=O) groups excluding carboxylic acids is 3. The summed E-state index contributed by atoms with van der Waals surface area (Å²) in [7, 11) is 0. The van der Waals surface area contributed by atoms with Crippen molar-refractivity contribution in [2.75, 3.05) is 0 Å². The first-order chi connectivity index (χ1) is 26.4. The minimum Gasteiger partial charge on any atom is -0.489 e. The molecule has 3 aromatic carbocycles. The molecule has 1 aliphatic rings. The third-order valence-electron chi connectivity index (χ3n) is 8.29. The molecule has 12 nitrogen and oxygen atoms in total. The second-order valence-electron chi connectivity index (χ2n) is 12.4. The highest BCUT2D eigenvalue weighted by Crippen LogP contribution is 2.21. The number of amides is 3. The normalized spacial score (nSPS) is 13.0. The molecule has 270 valence electrons. The minimum atomic E-state index is -0.508. The molecule has 4 heterocycles. The van der Waals surface area contributed by atoms with Gasteiger partial charge in [0.1, 0.15) is 54.2 Å². The van der Waals surface area contributed by atoms with E-state index in [9.17, 15) is 14.4 Å². The molecule has 7 rings (SSSR count). The first-order valence-electron chi connectivity index (χ1n) is 17.3. The molecule has 3 amide bonds. The Morgan fingerprint density at radius 2 is 0.685 bits per heavy atom. The van der Waals surface area contributed by atoms with Crippen molar-refractivity contribution in [1.29, 1.82) is 0 Å². The average Bonchev–Trinajstić information content (AvgIpc) is 3.22. The Labute approximate surface area is 311 Å². The molecule has 0 saturated heterocycles. The van der Waals surface area contributed by atoms with Crippen LogP contribution in [-0.2, 0) is 39.5 Å². The van der Waals surface area contributed by atoms with Crippen molar-refractivity contribution >= 4 is 17.7 Å². The van der Waals surface area contributed by atoms with E-state index in [0.29, 0.717) is 34.3 Å². The molecule has 0 fully saturated rings. The number of pyridine rings is 3. The van der Waals surface area contributed by atoms with Crippen LogP contribution in [0.3, 0.4) is 0 Å². The van der Waals surface area contributed by atoms with Crippen LogP contribution in [0.5, 0.6) is 17.2 Å². The maximum absolute atomic E-state index is 13.6. The summed E-state index contributed by atoms with van der Waals surface area (Å²) in [5, 5.41) is 8.54. The van der Waals surface area contributed by atoms with Crippen molar-refractivity contribution in [3.8, 4) is 17.2 Å². The zero-order chi connectivity index (χ0) is 37.1. The number of aromatic nitrogens is 3. The molecule has 54 heavy (non-hydrogen) atoms. The van der Waals surface area contributed by atoms with Gasteiger partial charge < -0.3 is 30.2 Å². The lowest BCUT2D eigenvalue weighted by molar-refractivity contribution is 0.0940. The quantitative estimate of drug-likeness (QED) is 0.170. The second kappa shape index (κ2) is 17.0. The summed E-state index contributed by atoms with van der Waals surface area (Å²) in [4.78, 5) is 54.3. The third-order valence-corrected chi connectivity index (χ3v) is 8.29. The maximum Gasteiger partial charge on any atom is 0.270 e. The average molecular weight is 721 g/mol. The summed E-state index contributed by atoms with van der Waals surface area (Å²) in [6, 6.07) is 38.5. The molecule has 0 radical (unpaired) electrons. The van der Waals surface area contributed by atoms with Crippen molar-refractivity contribution < 1.29 is 28.6 Å². The fraction of sp³-hybridized carbons (Fsp3) is 0.143. The van der Waals surface area contributed by atoms with E-state index >= 15 is 0 Å². The highest BCUT2D eigenvalue weighted by molar-refractivity contribution is 5.94. The SMILES string of the molecule is O=C1NCc2cc(OCc3ccccc3)cc(n2)C(=O)NCc2cc(OCc3ccccc3)cc(n2)C(=O)NCc2cc(OCc3ccccc3)cc1n2. The lowest BCUT2D eigenvalue weighted by Gasteiger charge is -2.15. The van der Waals surface area contributed by atoms with E-state index in [4.69, 9.17) is 14.2 Å². The molecule has 0 saturated carbocycles. The summed E-state index contributed by atoms with van der Waals surface area (Å²) in [5.41, 5.74) is 4.18. The van der Waals surface area contributed by atoms with Crippen LogP contribution >= 0.6 is 0 Å². The highest BCUT2D eigenvalue weighted by atomic mass is 16.5. The van der Waals surface area contributed by atoms with Crippen LogP contribution in [0.4, 0.5) is 0 Å². The van der Waals surface area contributed by atoms with Gasteiger partial charge in [0.2, 0.25) is 0 Å². The molecule has 0 unspecified atom stereocenters. The summed E-state index contributed by atoms with van der Waals surface area (Å²) >= 11 is 0. The van der Waals surface area contributed by atoms with Crippen molar-refractivity contribution in [2.24, 2.45) is 0 Å². The van der Waals surface area contributed by atoms with Crippen molar-refractivity contribution in [1.82, 2.24) is 30.9 Å². The van der Waals surface area contributed by atoms with E-state index in [1.54, 1.807) is 18.2 Å². The molecule has 0 atom stereocenters. The first kappa shape index (κ1) is 35.3.